The third-order valence-corrected chi connectivity index (χ3v) is 5.35. The van der Waals surface area contributed by atoms with Crippen LogP contribution in [0.5, 0.6) is 0 Å². The molecule has 1 saturated heterocycles. The Morgan fingerprint density at radius 2 is 2.05 bits per heavy atom. The van der Waals surface area contributed by atoms with Crippen molar-refractivity contribution in [3.63, 3.8) is 0 Å². The molecule has 0 radical (unpaired) electrons. The van der Waals surface area contributed by atoms with Gasteiger partial charge in [0.1, 0.15) is 0 Å². The summed E-state index contributed by atoms with van der Waals surface area (Å²) in [6, 6.07) is 8.99. The first kappa shape index (κ1) is 13.1. The lowest BCUT2D eigenvalue weighted by atomic mass is 9.71. The zero-order chi connectivity index (χ0) is 13.5. The van der Waals surface area contributed by atoms with Crippen molar-refractivity contribution < 1.29 is 0 Å². The molecule has 1 aliphatic heterocycles. The molecule has 0 aromatic heterocycles. The summed E-state index contributed by atoms with van der Waals surface area (Å²) in [6.45, 7) is 7.89. The van der Waals surface area contributed by atoms with Crippen LogP contribution < -0.4 is 5.73 Å². The molecule has 3 rings (SSSR count). The van der Waals surface area contributed by atoms with Crippen molar-refractivity contribution in [3.05, 3.63) is 35.4 Å². The molecule has 0 spiro atoms. The third-order valence-electron chi connectivity index (χ3n) is 5.35. The Morgan fingerprint density at radius 1 is 1.26 bits per heavy atom. The second-order valence-electron chi connectivity index (χ2n) is 6.60. The fraction of sp³-hybridized carbons (Fsp3) is 0.647. The van der Waals surface area contributed by atoms with Gasteiger partial charge in [0.05, 0.1) is 5.54 Å². The van der Waals surface area contributed by atoms with E-state index in [9.17, 15) is 0 Å². The molecule has 0 bridgehead atoms. The van der Waals surface area contributed by atoms with Gasteiger partial charge in [-0.1, -0.05) is 38.1 Å². The fourth-order valence-corrected chi connectivity index (χ4v) is 4.09. The highest BCUT2D eigenvalue weighted by molar-refractivity contribution is 5.39. The van der Waals surface area contributed by atoms with Gasteiger partial charge in [-0.05, 0) is 48.8 Å². The molecule has 2 N–H and O–H groups in total. The molecule has 104 valence electrons. The second-order valence-corrected chi connectivity index (χ2v) is 6.60. The first-order valence-electron chi connectivity index (χ1n) is 7.72. The quantitative estimate of drug-likeness (QED) is 0.883. The van der Waals surface area contributed by atoms with E-state index in [1.165, 1.54) is 43.5 Å². The number of nitrogens with two attached hydrogens (primary N) is 1. The number of hydrogen-bond donors (Lipinski definition) is 1. The smallest absolute Gasteiger partial charge is 0.0586 e. The molecule has 2 nitrogen and oxygen atoms in total. The van der Waals surface area contributed by atoms with Crippen LogP contribution in [0.25, 0.3) is 0 Å². The summed E-state index contributed by atoms with van der Waals surface area (Å²) in [5.74, 6) is 1.49. The van der Waals surface area contributed by atoms with E-state index in [2.05, 4.69) is 43.0 Å². The zero-order valence-electron chi connectivity index (χ0n) is 12.2. The minimum absolute atomic E-state index is 0.105. The average Bonchev–Trinajstić information content (AvgIpc) is 2.87. The van der Waals surface area contributed by atoms with Crippen molar-refractivity contribution >= 4 is 0 Å². The molecular formula is C17H26N2. The predicted octanol–water partition coefficient (Wildman–Crippen LogP) is 3.08. The molecule has 1 heterocycles. The SMILES string of the molecule is CC1CCN(C2(CN)CCC(C)c3ccccc32)C1. The lowest BCUT2D eigenvalue weighted by Gasteiger charge is -2.47. The number of rotatable bonds is 2. The lowest BCUT2D eigenvalue weighted by Crippen LogP contribution is -2.52. The molecule has 19 heavy (non-hydrogen) atoms. The first-order chi connectivity index (χ1) is 9.17. The maximum absolute atomic E-state index is 6.28. The maximum atomic E-state index is 6.28. The molecule has 1 aliphatic carbocycles. The van der Waals surface area contributed by atoms with Crippen LogP contribution in [0.3, 0.4) is 0 Å². The Labute approximate surface area is 117 Å². The van der Waals surface area contributed by atoms with Gasteiger partial charge in [0.25, 0.3) is 0 Å². The van der Waals surface area contributed by atoms with Crippen LogP contribution in [0.15, 0.2) is 24.3 Å². The van der Waals surface area contributed by atoms with Crippen molar-refractivity contribution in [1.82, 2.24) is 4.90 Å². The van der Waals surface area contributed by atoms with Crippen molar-refractivity contribution in [2.75, 3.05) is 19.6 Å². The Balaban J connectivity index is 2.04. The summed E-state index contributed by atoms with van der Waals surface area (Å²) < 4.78 is 0. The Kier molecular flexibility index (Phi) is 3.40. The monoisotopic (exact) mass is 258 g/mol. The van der Waals surface area contributed by atoms with Gasteiger partial charge in [0.15, 0.2) is 0 Å². The summed E-state index contributed by atoms with van der Waals surface area (Å²) in [5.41, 5.74) is 9.42. The van der Waals surface area contributed by atoms with Crippen molar-refractivity contribution in [2.45, 2.75) is 44.6 Å². The van der Waals surface area contributed by atoms with Gasteiger partial charge in [0, 0.05) is 13.1 Å². The van der Waals surface area contributed by atoms with Gasteiger partial charge >= 0.3 is 0 Å². The molecule has 3 atom stereocenters. The van der Waals surface area contributed by atoms with E-state index in [1.54, 1.807) is 0 Å². The molecule has 2 heteroatoms. The summed E-state index contributed by atoms with van der Waals surface area (Å²) in [7, 11) is 0. The standard InChI is InChI=1S/C17H26N2/c1-13-8-10-19(11-13)17(12-18)9-7-14(2)15-5-3-4-6-16(15)17/h3-6,13-14H,7-12,18H2,1-2H3. The molecule has 1 aromatic carbocycles. The van der Waals surface area contributed by atoms with E-state index >= 15 is 0 Å². The number of nitrogens with zero attached hydrogens (tertiary/aromatic N) is 1. The number of hydrogen-bond acceptors (Lipinski definition) is 2. The van der Waals surface area contributed by atoms with E-state index in [0.29, 0.717) is 5.92 Å². The van der Waals surface area contributed by atoms with Crippen LogP contribution in [0.2, 0.25) is 0 Å². The van der Waals surface area contributed by atoms with Gasteiger partial charge in [-0.3, -0.25) is 4.90 Å². The van der Waals surface area contributed by atoms with E-state index in [-0.39, 0.29) is 5.54 Å². The van der Waals surface area contributed by atoms with Crippen LogP contribution in [0, 0.1) is 5.92 Å². The fourth-order valence-electron chi connectivity index (χ4n) is 4.09. The Morgan fingerprint density at radius 3 is 2.74 bits per heavy atom. The maximum Gasteiger partial charge on any atom is 0.0586 e. The van der Waals surface area contributed by atoms with Crippen LogP contribution in [0.4, 0.5) is 0 Å². The first-order valence-corrected chi connectivity index (χ1v) is 7.72. The molecular weight excluding hydrogens is 232 g/mol. The zero-order valence-corrected chi connectivity index (χ0v) is 12.2. The average molecular weight is 258 g/mol. The van der Waals surface area contributed by atoms with E-state index in [4.69, 9.17) is 5.73 Å². The van der Waals surface area contributed by atoms with E-state index in [0.717, 1.165) is 12.5 Å². The molecule has 2 aliphatic rings. The predicted molar refractivity (Wildman–Crippen MR) is 80.2 cm³/mol. The van der Waals surface area contributed by atoms with Gasteiger partial charge in [-0.15, -0.1) is 0 Å². The van der Waals surface area contributed by atoms with Gasteiger partial charge in [-0.25, -0.2) is 0 Å². The summed E-state index contributed by atoms with van der Waals surface area (Å²) in [6.07, 6.45) is 3.80. The third kappa shape index (κ3) is 2.02. The highest BCUT2D eigenvalue weighted by Crippen LogP contribution is 2.45. The number of likely N-dealkylation sites (tertiary alicyclic amines) is 1. The summed E-state index contributed by atoms with van der Waals surface area (Å²) >= 11 is 0. The molecule has 1 aromatic rings. The number of benzene rings is 1. The number of fused-ring (bicyclic) bond motifs is 1. The highest BCUT2D eigenvalue weighted by Gasteiger charge is 2.44. The van der Waals surface area contributed by atoms with Crippen molar-refractivity contribution in [2.24, 2.45) is 11.7 Å². The lowest BCUT2D eigenvalue weighted by molar-refractivity contribution is 0.0940. The molecule has 1 fully saturated rings. The highest BCUT2D eigenvalue weighted by atomic mass is 15.2. The summed E-state index contributed by atoms with van der Waals surface area (Å²) in [5, 5.41) is 0. The van der Waals surface area contributed by atoms with Gasteiger partial charge in [0.2, 0.25) is 0 Å². The van der Waals surface area contributed by atoms with Crippen LogP contribution >= 0.6 is 0 Å². The molecule has 3 unspecified atom stereocenters. The van der Waals surface area contributed by atoms with Gasteiger partial charge < -0.3 is 5.73 Å². The topological polar surface area (TPSA) is 29.3 Å². The minimum Gasteiger partial charge on any atom is -0.328 e. The van der Waals surface area contributed by atoms with Crippen molar-refractivity contribution in [1.29, 1.82) is 0 Å². The minimum atomic E-state index is 0.105. The van der Waals surface area contributed by atoms with Crippen LogP contribution in [0.1, 0.15) is 50.2 Å². The van der Waals surface area contributed by atoms with Crippen LogP contribution in [-0.4, -0.2) is 24.5 Å². The second kappa shape index (κ2) is 4.92. The van der Waals surface area contributed by atoms with Gasteiger partial charge in [-0.2, -0.15) is 0 Å². The molecule has 0 saturated carbocycles. The largest absolute Gasteiger partial charge is 0.328 e. The molecule has 0 amide bonds. The Hall–Kier alpha value is -0.860. The van der Waals surface area contributed by atoms with E-state index < -0.39 is 0 Å². The Bertz CT molecular complexity index is 456. The van der Waals surface area contributed by atoms with Crippen LogP contribution in [-0.2, 0) is 5.54 Å². The van der Waals surface area contributed by atoms with E-state index in [1.807, 2.05) is 0 Å². The summed E-state index contributed by atoms with van der Waals surface area (Å²) in [4.78, 5) is 2.67. The van der Waals surface area contributed by atoms with Crippen molar-refractivity contribution in [3.8, 4) is 0 Å². The normalized spacial score (nSPS) is 35.3.